The van der Waals surface area contributed by atoms with Crippen molar-refractivity contribution in [1.29, 1.82) is 0 Å². The van der Waals surface area contributed by atoms with Crippen molar-refractivity contribution in [3.8, 4) is 17.1 Å². The third kappa shape index (κ3) is 5.73. The Morgan fingerprint density at radius 2 is 1.97 bits per heavy atom. The monoisotopic (exact) mass is 419 g/mol. The lowest BCUT2D eigenvalue weighted by atomic mass is 9.81. The summed E-state index contributed by atoms with van der Waals surface area (Å²) in [5, 5.41) is 10.8. The minimum absolute atomic E-state index is 0.0952. The van der Waals surface area contributed by atoms with Gasteiger partial charge in [-0.2, -0.15) is 0 Å². The maximum absolute atomic E-state index is 12.6. The van der Waals surface area contributed by atoms with E-state index in [4.69, 9.17) is 9.26 Å². The van der Waals surface area contributed by atoms with Crippen molar-refractivity contribution in [2.75, 3.05) is 20.2 Å². The van der Waals surface area contributed by atoms with E-state index in [9.17, 15) is 4.79 Å². The zero-order valence-corrected chi connectivity index (χ0v) is 17.8. The van der Waals surface area contributed by atoms with Gasteiger partial charge in [-0.05, 0) is 55.5 Å². The molecule has 6 nitrogen and oxygen atoms in total. The highest BCUT2D eigenvalue weighted by atomic mass is 16.5. The van der Waals surface area contributed by atoms with Crippen molar-refractivity contribution >= 4 is 5.91 Å². The van der Waals surface area contributed by atoms with Gasteiger partial charge in [-0.15, -0.1) is 0 Å². The normalized spacial score (nSPS) is 18.5. The quantitative estimate of drug-likeness (QED) is 0.580. The molecule has 0 bridgehead atoms. The predicted molar refractivity (Wildman–Crippen MR) is 120 cm³/mol. The van der Waals surface area contributed by atoms with Crippen molar-refractivity contribution in [2.45, 2.75) is 25.8 Å². The molecule has 1 saturated heterocycles. The Morgan fingerprint density at radius 1 is 1.16 bits per heavy atom. The third-order valence-corrected chi connectivity index (χ3v) is 5.95. The summed E-state index contributed by atoms with van der Waals surface area (Å²) < 4.78 is 10.7. The molecule has 1 aliphatic heterocycles. The lowest BCUT2D eigenvalue weighted by Gasteiger charge is -2.31. The number of hydrogen-bond donors (Lipinski definition) is 2. The van der Waals surface area contributed by atoms with E-state index in [2.05, 4.69) is 15.8 Å². The van der Waals surface area contributed by atoms with Crippen molar-refractivity contribution in [3.63, 3.8) is 0 Å². The highest BCUT2D eigenvalue weighted by Gasteiger charge is 2.28. The molecule has 1 fully saturated rings. The summed E-state index contributed by atoms with van der Waals surface area (Å²) in [5.41, 5.74) is 3.03. The van der Waals surface area contributed by atoms with Gasteiger partial charge in [0.2, 0.25) is 5.91 Å². The standard InChI is InChI=1S/C25H29N3O3/c1-30-23-9-7-18(8-10-23)16-27-25(29)14-20-11-12-26-17-21(20)13-22-15-24(31-28-22)19-5-3-2-4-6-19/h2-10,15,20-21,26H,11-14,16-17H2,1H3,(H,27,29)/t20-,21+/m1/s1. The van der Waals surface area contributed by atoms with E-state index >= 15 is 0 Å². The Morgan fingerprint density at radius 3 is 2.74 bits per heavy atom. The number of rotatable bonds is 8. The Kier molecular flexibility index (Phi) is 6.99. The van der Waals surface area contributed by atoms with Crippen molar-refractivity contribution in [2.24, 2.45) is 11.8 Å². The predicted octanol–water partition coefficient (Wildman–Crippen LogP) is 3.82. The maximum atomic E-state index is 12.6. The van der Waals surface area contributed by atoms with Crippen LogP contribution in [0.5, 0.6) is 5.75 Å². The lowest BCUT2D eigenvalue weighted by Crippen LogP contribution is -2.40. The van der Waals surface area contributed by atoms with Gasteiger partial charge < -0.3 is 19.9 Å². The van der Waals surface area contributed by atoms with E-state index in [1.165, 1.54) is 0 Å². The van der Waals surface area contributed by atoms with E-state index in [0.29, 0.717) is 24.8 Å². The second-order valence-electron chi connectivity index (χ2n) is 8.09. The number of benzene rings is 2. The topological polar surface area (TPSA) is 76.4 Å². The Bertz CT molecular complexity index is 969. The van der Waals surface area contributed by atoms with E-state index in [-0.39, 0.29) is 5.91 Å². The number of hydrogen-bond acceptors (Lipinski definition) is 5. The second-order valence-corrected chi connectivity index (χ2v) is 8.09. The summed E-state index contributed by atoms with van der Waals surface area (Å²) in [5.74, 6) is 2.38. The average Bonchev–Trinajstić information content (AvgIpc) is 3.28. The first-order chi connectivity index (χ1) is 15.2. The molecule has 3 aromatic rings. The molecule has 2 aromatic carbocycles. The van der Waals surface area contributed by atoms with Crippen LogP contribution in [-0.2, 0) is 17.8 Å². The van der Waals surface area contributed by atoms with Crippen LogP contribution in [0.1, 0.15) is 24.1 Å². The Hall–Kier alpha value is -3.12. The minimum atomic E-state index is 0.0952. The molecule has 0 unspecified atom stereocenters. The van der Waals surface area contributed by atoms with E-state index < -0.39 is 0 Å². The third-order valence-electron chi connectivity index (χ3n) is 5.95. The molecule has 2 N–H and O–H groups in total. The van der Waals surface area contributed by atoms with Crippen LogP contribution >= 0.6 is 0 Å². The van der Waals surface area contributed by atoms with Gasteiger partial charge in [0.05, 0.1) is 12.8 Å². The summed E-state index contributed by atoms with van der Waals surface area (Å²) in [4.78, 5) is 12.6. The zero-order valence-electron chi connectivity index (χ0n) is 17.8. The Balaban J connectivity index is 1.32. The molecule has 0 aliphatic carbocycles. The number of methoxy groups -OCH3 is 1. The maximum Gasteiger partial charge on any atom is 0.220 e. The van der Waals surface area contributed by atoms with Crippen LogP contribution in [0.15, 0.2) is 65.2 Å². The summed E-state index contributed by atoms with van der Waals surface area (Å²) >= 11 is 0. The number of nitrogens with one attached hydrogen (secondary N) is 2. The molecule has 2 atom stereocenters. The molecule has 1 amide bonds. The highest BCUT2D eigenvalue weighted by molar-refractivity contribution is 5.76. The molecule has 0 spiro atoms. The molecule has 1 aromatic heterocycles. The molecule has 1 aliphatic rings. The number of carbonyl (C=O) groups excluding carboxylic acids is 1. The number of piperidine rings is 1. The fourth-order valence-electron chi connectivity index (χ4n) is 4.15. The molecule has 4 rings (SSSR count). The molecular weight excluding hydrogens is 390 g/mol. The fraction of sp³-hybridized carbons (Fsp3) is 0.360. The van der Waals surface area contributed by atoms with Gasteiger partial charge in [-0.3, -0.25) is 4.79 Å². The molecule has 2 heterocycles. The van der Waals surface area contributed by atoms with Gasteiger partial charge >= 0.3 is 0 Å². The van der Waals surface area contributed by atoms with Gasteiger partial charge in [0.1, 0.15) is 5.75 Å². The number of nitrogens with zero attached hydrogens (tertiary/aromatic N) is 1. The largest absolute Gasteiger partial charge is 0.497 e. The van der Waals surface area contributed by atoms with Crippen LogP contribution < -0.4 is 15.4 Å². The van der Waals surface area contributed by atoms with E-state index in [1.807, 2.05) is 60.7 Å². The smallest absolute Gasteiger partial charge is 0.220 e. The van der Waals surface area contributed by atoms with Crippen molar-refractivity contribution in [3.05, 3.63) is 71.9 Å². The van der Waals surface area contributed by atoms with E-state index in [1.54, 1.807) is 7.11 Å². The molecule has 6 heteroatoms. The molecule has 0 radical (unpaired) electrons. The summed E-state index contributed by atoms with van der Waals surface area (Å²) in [6, 6.07) is 19.8. The molecule has 0 saturated carbocycles. The number of ether oxygens (including phenoxy) is 1. The van der Waals surface area contributed by atoms with Crippen LogP contribution in [0.4, 0.5) is 0 Å². The first kappa shape index (κ1) is 21.1. The van der Waals surface area contributed by atoms with Crippen LogP contribution in [0.25, 0.3) is 11.3 Å². The molecular formula is C25H29N3O3. The fourth-order valence-corrected chi connectivity index (χ4v) is 4.15. The van der Waals surface area contributed by atoms with Crippen LogP contribution in [-0.4, -0.2) is 31.3 Å². The van der Waals surface area contributed by atoms with Gasteiger partial charge in [-0.25, -0.2) is 0 Å². The zero-order chi connectivity index (χ0) is 21.5. The van der Waals surface area contributed by atoms with E-state index in [0.717, 1.165) is 54.3 Å². The van der Waals surface area contributed by atoms with Crippen LogP contribution in [0, 0.1) is 11.8 Å². The summed E-state index contributed by atoms with van der Waals surface area (Å²) in [7, 11) is 1.65. The Labute approximate surface area is 183 Å². The number of aromatic nitrogens is 1. The second kappa shape index (κ2) is 10.3. The molecule has 31 heavy (non-hydrogen) atoms. The molecule has 162 valence electrons. The number of amides is 1. The highest BCUT2D eigenvalue weighted by Crippen LogP contribution is 2.28. The SMILES string of the molecule is COc1ccc(CNC(=O)C[C@H]2CCNC[C@@H]2Cc2cc(-c3ccccc3)on2)cc1. The van der Waals surface area contributed by atoms with Gasteiger partial charge in [0.15, 0.2) is 5.76 Å². The first-order valence-electron chi connectivity index (χ1n) is 10.8. The lowest BCUT2D eigenvalue weighted by molar-refractivity contribution is -0.122. The van der Waals surface area contributed by atoms with Gasteiger partial charge in [-0.1, -0.05) is 47.6 Å². The van der Waals surface area contributed by atoms with Crippen LogP contribution in [0.2, 0.25) is 0 Å². The summed E-state index contributed by atoms with van der Waals surface area (Å²) in [6.45, 7) is 2.37. The summed E-state index contributed by atoms with van der Waals surface area (Å²) in [6.07, 6.45) is 2.33. The minimum Gasteiger partial charge on any atom is -0.497 e. The first-order valence-corrected chi connectivity index (χ1v) is 10.8. The number of carbonyl (C=O) groups is 1. The average molecular weight is 420 g/mol. The van der Waals surface area contributed by atoms with Gasteiger partial charge in [0, 0.05) is 24.6 Å². The van der Waals surface area contributed by atoms with Crippen LogP contribution in [0.3, 0.4) is 0 Å². The van der Waals surface area contributed by atoms with Crippen molar-refractivity contribution < 1.29 is 14.1 Å². The van der Waals surface area contributed by atoms with Gasteiger partial charge in [0.25, 0.3) is 0 Å². The van der Waals surface area contributed by atoms with Crippen molar-refractivity contribution in [1.82, 2.24) is 15.8 Å².